The lowest BCUT2D eigenvalue weighted by atomic mass is 10.2. The number of hydrogen-bond donors (Lipinski definition) is 2. The molecule has 19 heavy (non-hydrogen) atoms. The normalized spacial score (nSPS) is 12.9. The number of rotatable bonds is 5. The van der Waals surface area contributed by atoms with E-state index in [1.54, 1.807) is 13.0 Å². The quantitative estimate of drug-likeness (QED) is 0.867. The second-order valence-corrected chi connectivity index (χ2v) is 3.90. The molecule has 1 atom stereocenters. The molecule has 3 N–H and O–H groups in total. The van der Waals surface area contributed by atoms with Crippen LogP contribution in [0.25, 0.3) is 0 Å². The smallest absolute Gasteiger partial charge is 0.422 e. The van der Waals surface area contributed by atoms with Crippen molar-refractivity contribution in [2.45, 2.75) is 25.6 Å². The number of para-hydroxylation sites is 2. The Morgan fingerprint density at radius 1 is 1.42 bits per heavy atom. The van der Waals surface area contributed by atoms with Crippen molar-refractivity contribution < 1.29 is 22.7 Å². The summed E-state index contributed by atoms with van der Waals surface area (Å²) in [4.78, 5) is 11.6. The van der Waals surface area contributed by atoms with E-state index >= 15 is 0 Å². The highest BCUT2D eigenvalue weighted by atomic mass is 19.4. The molecule has 106 valence electrons. The van der Waals surface area contributed by atoms with Crippen LogP contribution >= 0.6 is 0 Å². The third kappa shape index (κ3) is 5.17. The number of carbonyl (C=O) groups is 1. The van der Waals surface area contributed by atoms with Gasteiger partial charge in [0.15, 0.2) is 6.61 Å². The summed E-state index contributed by atoms with van der Waals surface area (Å²) in [5, 5.41) is 2.44. The summed E-state index contributed by atoms with van der Waals surface area (Å²) in [6, 6.07) is 5.18. The average molecular weight is 276 g/mol. The number of anilines is 1. The van der Waals surface area contributed by atoms with E-state index in [4.69, 9.17) is 5.73 Å². The molecule has 0 heterocycles. The summed E-state index contributed by atoms with van der Waals surface area (Å²) in [7, 11) is 0. The molecule has 0 aliphatic carbocycles. The van der Waals surface area contributed by atoms with E-state index in [1.165, 1.54) is 18.2 Å². The molecule has 0 aliphatic rings. The van der Waals surface area contributed by atoms with Crippen molar-refractivity contribution >= 4 is 11.6 Å². The SMILES string of the molecule is CCC(N)C(=O)Nc1ccccc1OCC(F)(F)F. The fourth-order valence-corrected chi connectivity index (χ4v) is 1.27. The lowest BCUT2D eigenvalue weighted by molar-refractivity contribution is -0.153. The molecule has 0 aliphatic heterocycles. The minimum atomic E-state index is -4.43. The van der Waals surface area contributed by atoms with Crippen LogP contribution in [0, 0.1) is 0 Å². The van der Waals surface area contributed by atoms with Crippen molar-refractivity contribution in [3.05, 3.63) is 24.3 Å². The van der Waals surface area contributed by atoms with Gasteiger partial charge in [0.05, 0.1) is 11.7 Å². The molecule has 1 aromatic rings. The molecular weight excluding hydrogens is 261 g/mol. The van der Waals surface area contributed by atoms with E-state index < -0.39 is 24.7 Å². The number of amides is 1. The number of nitrogens with two attached hydrogens (primary N) is 1. The highest BCUT2D eigenvalue weighted by Gasteiger charge is 2.29. The van der Waals surface area contributed by atoms with Crippen LogP contribution in [0.5, 0.6) is 5.75 Å². The Bertz CT molecular complexity index is 435. The number of alkyl halides is 3. The number of nitrogens with one attached hydrogen (secondary N) is 1. The van der Waals surface area contributed by atoms with Gasteiger partial charge in [-0.3, -0.25) is 4.79 Å². The summed E-state index contributed by atoms with van der Waals surface area (Å²) in [6.07, 6.45) is -4.01. The maximum atomic E-state index is 12.1. The van der Waals surface area contributed by atoms with Gasteiger partial charge in [0.1, 0.15) is 5.75 Å². The summed E-state index contributed by atoms with van der Waals surface area (Å²) in [5.41, 5.74) is 5.69. The largest absolute Gasteiger partial charge is 0.482 e. The Hall–Kier alpha value is -1.76. The van der Waals surface area contributed by atoms with Crippen LogP contribution in [0.15, 0.2) is 24.3 Å². The number of hydrogen-bond acceptors (Lipinski definition) is 3. The van der Waals surface area contributed by atoms with Gasteiger partial charge in [0.2, 0.25) is 5.91 Å². The minimum absolute atomic E-state index is 0.0449. The fourth-order valence-electron chi connectivity index (χ4n) is 1.27. The molecule has 4 nitrogen and oxygen atoms in total. The Kier molecular flexibility index (Phi) is 5.17. The van der Waals surface area contributed by atoms with Gasteiger partial charge in [-0.1, -0.05) is 19.1 Å². The van der Waals surface area contributed by atoms with Gasteiger partial charge in [0.25, 0.3) is 0 Å². The number of ether oxygens (including phenoxy) is 1. The third-order valence-corrected chi connectivity index (χ3v) is 2.31. The van der Waals surface area contributed by atoms with Crippen molar-refractivity contribution in [2.75, 3.05) is 11.9 Å². The van der Waals surface area contributed by atoms with Gasteiger partial charge >= 0.3 is 6.18 Å². The van der Waals surface area contributed by atoms with Crippen molar-refractivity contribution in [3.8, 4) is 5.75 Å². The first-order valence-electron chi connectivity index (χ1n) is 5.68. The lowest BCUT2D eigenvalue weighted by Gasteiger charge is -2.15. The fraction of sp³-hybridized carbons (Fsp3) is 0.417. The van der Waals surface area contributed by atoms with E-state index in [0.717, 1.165) is 0 Å². The molecule has 0 spiro atoms. The summed E-state index contributed by atoms with van der Waals surface area (Å²) >= 11 is 0. The minimum Gasteiger partial charge on any atom is -0.482 e. The van der Waals surface area contributed by atoms with Crippen LogP contribution in [-0.4, -0.2) is 24.7 Å². The van der Waals surface area contributed by atoms with Crippen LogP contribution in [0.2, 0.25) is 0 Å². The van der Waals surface area contributed by atoms with E-state index in [-0.39, 0.29) is 11.4 Å². The molecule has 7 heteroatoms. The number of carbonyl (C=O) groups excluding carboxylic acids is 1. The first-order valence-corrected chi connectivity index (χ1v) is 5.68. The molecular formula is C12H15F3N2O2. The van der Waals surface area contributed by atoms with Crippen LogP contribution in [-0.2, 0) is 4.79 Å². The molecule has 0 saturated carbocycles. The third-order valence-electron chi connectivity index (χ3n) is 2.31. The van der Waals surface area contributed by atoms with Gasteiger partial charge in [-0.15, -0.1) is 0 Å². The number of halogens is 3. The second-order valence-electron chi connectivity index (χ2n) is 3.90. The van der Waals surface area contributed by atoms with Crippen molar-refractivity contribution in [1.29, 1.82) is 0 Å². The molecule has 0 aromatic heterocycles. The predicted molar refractivity (Wildman–Crippen MR) is 64.9 cm³/mol. The highest BCUT2D eigenvalue weighted by Crippen LogP contribution is 2.26. The Morgan fingerprint density at radius 3 is 2.63 bits per heavy atom. The summed E-state index contributed by atoms with van der Waals surface area (Å²) in [5.74, 6) is -0.512. The molecule has 0 bridgehead atoms. The van der Waals surface area contributed by atoms with Crippen LogP contribution in [0.1, 0.15) is 13.3 Å². The van der Waals surface area contributed by atoms with E-state index in [2.05, 4.69) is 10.1 Å². The van der Waals surface area contributed by atoms with Gasteiger partial charge in [-0.05, 0) is 18.6 Å². The zero-order valence-electron chi connectivity index (χ0n) is 10.3. The first-order chi connectivity index (χ1) is 8.83. The molecule has 0 radical (unpaired) electrons. The topological polar surface area (TPSA) is 64.4 Å². The summed E-state index contributed by atoms with van der Waals surface area (Å²) in [6.45, 7) is 0.315. The standard InChI is InChI=1S/C12H15F3N2O2/c1-2-8(16)11(18)17-9-5-3-4-6-10(9)19-7-12(13,14)15/h3-6,8H,2,7,16H2,1H3,(H,17,18). The van der Waals surface area contributed by atoms with E-state index in [1.807, 2.05) is 0 Å². The molecule has 0 saturated heterocycles. The van der Waals surface area contributed by atoms with Gasteiger partial charge in [-0.25, -0.2) is 0 Å². The van der Waals surface area contributed by atoms with Gasteiger partial charge < -0.3 is 15.8 Å². The van der Waals surface area contributed by atoms with Crippen LogP contribution in [0.3, 0.4) is 0 Å². The number of benzene rings is 1. The van der Waals surface area contributed by atoms with E-state index in [0.29, 0.717) is 6.42 Å². The van der Waals surface area contributed by atoms with Crippen LogP contribution < -0.4 is 15.8 Å². The Balaban J connectivity index is 2.76. The Morgan fingerprint density at radius 2 is 2.05 bits per heavy atom. The molecule has 1 amide bonds. The van der Waals surface area contributed by atoms with E-state index in [9.17, 15) is 18.0 Å². The maximum absolute atomic E-state index is 12.1. The molecule has 0 fully saturated rings. The Labute approximate surface area is 108 Å². The summed E-state index contributed by atoms with van der Waals surface area (Å²) < 4.78 is 40.9. The van der Waals surface area contributed by atoms with Gasteiger partial charge in [-0.2, -0.15) is 13.2 Å². The second kappa shape index (κ2) is 6.42. The maximum Gasteiger partial charge on any atom is 0.422 e. The van der Waals surface area contributed by atoms with Crippen molar-refractivity contribution in [3.63, 3.8) is 0 Å². The average Bonchev–Trinajstić information content (AvgIpc) is 2.35. The van der Waals surface area contributed by atoms with Crippen molar-refractivity contribution in [2.24, 2.45) is 5.73 Å². The van der Waals surface area contributed by atoms with Gasteiger partial charge in [0, 0.05) is 0 Å². The lowest BCUT2D eigenvalue weighted by Crippen LogP contribution is -2.35. The van der Waals surface area contributed by atoms with Crippen molar-refractivity contribution in [1.82, 2.24) is 0 Å². The highest BCUT2D eigenvalue weighted by molar-refractivity contribution is 5.95. The first kappa shape index (κ1) is 15.3. The van der Waals surface area contributed by atoms with Crippen LogP contribution in [0.4, 0.5) is 18.9 Å². The zero-order valence-corrected chi connectivity index (χ0v) is 10.3. The molecule has 1 rings (SSSR count). The zero-order chi connectivity index (χ0) is 14.5. The monoisotopic (exact) mass is 276 g/mol. The molecule has 1 aromatic carbocycles. The predicted octanol–water partition coefficient (Wildman–Crippen LogP) is 2.30. The molecule has 1 unspecified atom stereocenters.